The molecule has 1 saturated carbocycles. The first-order valence-electron chi connectivity index (χ1n) is 8.20. The summed E-state index contributed by atoms with van der Waals surface area (Å²) < 4.78 is 5.75. The van der Waals surface area contributed by atoms with Crippen LogP contribution in [0.15, 0.2) is 18.2 Å². The van der Waals surface area contributed by atoms with Crippen molar-refractivity contribution in [2.75, 3.05) is 20.2 Å². The third-order valence-corrected chi connectivity index (χ3v) is 6.77. The summed E-state index contributed by atoms with van der Waals surface area (Å²) in [5.41, 5.74) is 1.58. The molecule has 0 spiro atoms. The Kier molecular flexibility index (Phi) is 4.76. The first-order chi connectivity index (χ1) is 10.5. The Balaban J connectivity index is 1.95. The van der Waals surface area contributed by atoms with E-state index >= 15 is 0 Å². The average Bonchev–Trinajstić information content (AvgIpc) is 3.06. The van der Waals surface area contributed by atoms with Crippen LogP contribution >= 0.6 is 23.2 Å². The van der Waals surface area contributed by atoms with E-state index in [0.29, 0.717) is 16.0 Å². The SMILES string of the molecule is COC1(C)CCC(c2ccc(Cl)c(Cl)c2)([C@@H]2CCNC2)CC1. The van der Waals surface area contributed by atoms with Gasteiger partial charge >= 0.3 is 0 Å². The molecule has 1 N–H and O–H groups in total. The molecule has 122 valence electrons. The number of halogens is 2. The number of nitrogens with one attached hydrogen (secondary N) is 1. The van der Waals surface area contributed by atoms with Crippen LogP contribution in [0, 0.1) is 5.92 Å². The second-order valence-electron chi connectivity index (χ2n) is 7.13. The Labute approximate surface area is 143 Å². The molecule has 1 heterocycles. The minimum Gasteiger partial charge on any atom is -0.379 e. The molecule has 2 fully saturated rings. The van der Waals surface area contributed by atoms with Crippen molar-refractivity contribution in [3.05, 3.63) is 33.8 Å². The minimum atomic E-state index is 0.0196. The fourth-order valence-electron chi connectivity index (χ4n) is 4.29. The zero-order valence-corrected chi connectivity index (χ0v) is 14.9. The van der Waals surface area contributed by atoms with E-state index in [1.54, 1.807) is 0 Å². The summed E-state index contributed by atoms with van der Waals surface area (Å²) in [7, 11) is 1.84. The molecule has 0 bridgehead atoms. The van der Waals surface area contributed by atoms with Crippen molar-refractivity contribution >= 4 is 23.2 Å². The lowest BCUT2D eigenvalue weighted by atomic mass is 9.59. The van der Waals surface area contributed by atoms with E-state index in [-0.39, 0.29) is 11.0 Å². The van der Waals surface area contributed by atoms with Crippen LogP contribution in [0.3, 0.4) is 0 Å². The summed E-state index contributed by atoms with van der Waals surface area (Å²) in [5.74, 6) is 0.672. The molecule has 2 nitrogen and oxygen atoms in total. The Hall–Kier alpha value is -0.280. The third kappa shape index (κ3) is 2.91. The van der Waals surface area contributed by atoms with E-state index in [1.165, 1.54) is 12.0 Å². The van der Waals surface area contributed by atoms with Gasteiger partial charge in [-0.2, -0.15) is 0 Å². The Morgan fingerprint density at radius 1 is 1.14 bits per heavy atom. The van der Waals surface area contributed by atoms with E-state index in [4.69, 9.17) is 27.9 Å². The molecule has 1 atom stereocenters. The molecule has 3 rings (SSSR count). The van der Waals surface area contributed by atoms with Gasteiger partial charge in [-0.25, -0.2) is 0 Å². The number of methoxy groups -OCH3 is 1. The summed E-state index contributed by atoms with van der Waals surface area (Å²) in [6.07, 6.45) is 5.74. The molecule has 0 amide bonds. The number of hydrogen-bond acceptors (Lipinski definition) is 2. The van der Waals surface area contributed by atoms with Crippen LogP contribution in [-0.2, 0) is 10.2 Å². The molecule has 0 unspecified atom stereocenters. The summed E-state index contributed by atoms with van der Waals surface area (Å²) >= 11 is 12.4. The molecule has 1 aromatic rings. The van der Waals surface area contributed by atoms with Gasteiger partial charge in [0.1, 0.15) is 0 Å². The van der Waals surface area contributed by atoms with Crippen molar-refractivity contribution < 1.29 is 4.74 Å². The van der Waals surface area contributed by atoms with Crippen LogP contribution in [0.5, 0.6) is 0 Å². The fraction of sp³-hybridized carbons (Fsp3) is 0.667. The van der Waals surface area contributed by atoms with Crippen LogP contribution in [-0.4, -0.2) is 25.8 Å². The lowest BCUT2D eigenvalue weighted by molar-refractivity contribution is -0.0466. The first kappa shape index (κ1) is 16.6. The molecule has 0 radical (unpaired) electrons. The van der Waals surface area contributed by atoms with E-state index in [1.807, 2.05) is 13.2 Å². The highest BCUT2D eigenvalue weighted by Gasteiger charge is 2.47. The van der Waals surface area contributed by atoms with Gasteiger partial charge in [0, 0.05) is 7.11 Å². The van der Waals surface area contributed by atoms with Gasteiger partial charge in [0.25, 0.3) is 0 Å². The standard InChI is InChI=1S/C18H25Cl2NO/c1-17(22-2)6-8-18(9-7-17,14-5-10-21-12-14)13-3-4-15(19)16(20)11-13/h3-4,11,14,21H,5-10,12H2,1-2H3/t14-,17?,18?/m1/s1. The van der Waals surface area contributed by atoms with Crippen molar-refractivity contribution in [3.8, 4) is 0 Å². The maximum Gasteiger partial charge on any atom is 0.0651 e. The van der Waals surface area contributed by atoms with Crippen molar-refractivity contribution in [2.45, 2.75) is 50.0 Å². The zero-order valence-electron chi connectivity index (χ0n) is 13.4. The Bertz CT molecular complexity index is 532. The maximum atomic E-state index is 6.31. The van der Waals surface area contributed by atoms with Gasteiger partial charge in [0.05, 0.1) is 15.6 Å². The molecule has 2 aliphatic rings. The van der Waals surface area contributed by atoms with Crippen molar-refractivity contribution in [2.24, 2.45) is 5.92 Å². The van der Waals surface area contributed by atoms with Crippen molar-refractivity contribution in [1.29, 1.82) is 0 Å². The van der Waals surface area contributed by atoms with Crippen LogP contribution in [0.4, 0.5) is 0 Å². The number of ether oxygens (including phenoxy) is 1. The van der Waals surface area contributed by atoms with E-state index in [9.17, 15) is 0 Å². The summed E-state index contributed by atoms with van der Waals surface area (Å²) in [6.45, 7) is 4.46. The topological polar surface area (TPSA) is 21.3 Å². The van der Waals surface area contributed by atoms with Crippen LogP contribution < -0.4 is 5.32 Å². The highest BCUT2D eigenvalue weighted by atomic mass is 35.5. The summed E-state index contributed by atoms with van der Waals surface area (Å²) in [4.78, 5) is 0. The van der Waals surface area contributed by atoms with E-state index in [0.717, 1.165) is 38.8 Å². The van der Waals surface area contributed by atoms with Gasteiger partial charge < -0.3 is 10.1 Å². The normalized spacial score (nSPS) is 35.7. The van der Waals surface area contributed by atoms with Crippen molar-refractivity contribution in [3.63, 3.8) is 0 Å². The minimum absolute atomic E-state index is 0.0196. The maximum absolute atomic E-state index is 6.31. The van der Waals surface area contributed by atoms with Crippen molar-refractivity contribution in [1.82, 2.24) is 5.32 Å². The molecular weight excluding hydrogens is 317 g/mol. The average molecular weight is 342 g/mol. The summed E-state index contributed by atoms with van der Waals surface area (Å²) in [5, 5.41) is 4.85. The third-order valence-electron chi connectivity index (χ3n) is 6.03. The fourth-order valence-corrected chi connectivity index (χ4v) is 4.59. The lowest BCUT2D eigenvalue weighted by Gasteiger charge is -2.48. The number of benzene rings is 1. The molecular formula is C18H25Cl2NO. The van der Waals surface area contributed by atoms with E-state index in [2.05, 4.69) is 24.4 Å². The highest BCUT2D eigenvalue weighted by molar-refractivity contribution is 6.42. The molecule has 4 heteroatoms. The Morgan fingerprint density at radius 3 is 2.41 bits per heavy atom. The predicted octanol–water partition coefficient (Wildman–Crippen LogP) is 4.82. The second kappa shape index (κ2) is 6.32. The smallest absolute Gasteiger partial charge is 0.0651 e. The zero-order chi connectivity index (χ0) is 15.8. The van der Waals surface area contributed by atoms with Gasteiger partial charge in [-0.05, 0) is 81.1 Å². The lowest BCUT2D eigenvalue weighted by Crippen LogP contribution is -2.45. The van der Waals surface area contributed by atoms with E-state index < -0.39 is 0 Å². The largest absolute Gasteiger partial charge is 0.379 e. The molecule has 0 aromatic heterocycles. The van der Waals surface area contributed by atoms with Gasteiger partial charge in [-0.1, -0.05) is 29.3 Å². The van der Waals surface area contributed by atoms with Crippen LogP contribution in [0.2, 0.25) is 10.0 Å². The summed E-state index contributed by atoms with van der Waals surface area (Å²) in [6, 6.07) is 6.23. The quantitative estimate of drug-likeness (QED) is 0.850. The molecule has 22 heavy (non-hydrogen) atoms. The second-order valence-corrected chi connectivity index (χ2v) is 7.94. The van der Waals surface area contributed by atoms with Crippen LogP contribution in [0.25, 0.3) is 0 Å². The van der Waals surface area contributed by atoms with Gasteiger partial charge in [0.2, 0.25) is 0 Å². The predicted molar refractivity (Wildman–Crippen MR) is 93.0 cm³/mol. The van der Waals surface area contributed by atoms with Gasteiger partial charge in [-0.15, -0.1) is 0 Å². The number of rotatable bonds is 3. The number of hydrogen-bond donors (Lipinski definition) is 1. The highest BCUT2D eigenvalue weighted by Crippen LogP contribution is 2.51. The molecule has 1 aliphatic heterocycles. The molecule has 1 aliphatic carbocycles. The molecule has 1 saturated heterocycles. The monoisotopic (exact) mass is 341 g/mol. The first-order valence-corrected chi connectivity index (χ1v) is 8.96. The molecule has 1 aromatic carbocycles. The van der Waals surface area contributed by atoms with Gasteiger partial charge in [0.15, 0.2) is 0 Å². The van der Waals surface area contributed by atoms with Crippen LogP contribution in [0.1, 0.15) is 44.6 Å². The Morgan fingerprint density at radius 2 is 1.86 bits per heavy atom. The van der Waals surface area contributed by atoms with Gasteiger partial charge in [-0.3, -0.25) is 0 Å².